The molecule has 0 radical (unpaired) electrons. The molecule has 1 aromatic rings. The molecule has 16 heavy (non-hydrogen) atoms. The van der Waals surface area contributed by atoms with Gasteiger partial charge in [-0.15, -0.1) is 13.2 Å². The summed E-state index contributed by atoms with van der Waals surface area (Å²) < 4.78 is 51.9. The summed E-state index contributed by atoms with van der Waals surface area (Å²) in [4.78, 5) is 11.1. The standard InChI is InChI=1S/C10H8F4O2/c1-2-8(15)6-3-4-9(7(11)5-6)16-10(12,13)14/h3-5H,2H2,1H3. The Hall–Kier alpha value is -1.59. The molecule has 0 amide bonds. The van der Waals surface area contributed by atoms with Gasteiger partial charge < -0.3 is 4.74 Å². The van der Waals surface area contributed by atoms with Crippen molar-refractivity contribution in [2.45, 2.75) is 19.7 Å². The maximum Gasteiger partial charge on any atom is 0.573 e. The fourth-order valence-corrected chi connectivity index (χ4v) is 1.09. The maximum absolute atomic E-state index is 13.1. The summed E-state index contributed by atoms with van der Waals surface area (Å²) >= 11 is 0. The van der Waals surface area contributed by atoms with Crippen LogP contribution in [0.1, 0.15) is 23.7 Å². The lowest BCUT2D eigenvalue weighted by atomic mass is 10.1. The van der Waals surface area contributed by atoms with Crippen molar-refractivity contribution in [3.63, 3.8) is 0 Å². The number of carbonyl (C=O) groups excluding carboxylic acids is 1. The first-order chi connectivity index (χ1) is 7.33. The topological polar surface area (TPSA) is 26.3 Å². The van der Waals surface area contributed by atoms with Crippen molar-refractivity contribution >= 4 is 5.78 Å². The van der Waals surface area contributed by atoms with Gasteiger partial charge in [0.1, 0.15) is 0 Å². The summed E-state index contributed by atoms with van der Waals surface area (Å²) in [6, 6.07) is 2.61. The smallest absolute Gasteiger partial charge is 0.403 e. The molecule has 0 saturated heterocycles. The van der Waals surface area contributed by atoms with Gasteiger partial charge in [0.25, 0.3) is 0 Å². The van der Waals surface area contributed by atoms with Crippen molar-refractivity contribution in [1.82, 2.24) is 0 Å². The quantitative estimate of drug-likeness (QED) is 0.594. The summed E-state index contributed by atoms with van der Waals surface area (Å²) in [6.45, 7) is 1.57. The van der Waals surface area contributed by atoms with Crippen molar-refractivity contribution in [3.05, 3.63) is 29.6 Å². The van der Waals surface area contributed by atoms with Gasteiger partial charge in [-0.3, -0.25) is 4.79 Å². The van der Waals surface area contributed by atoms with Crippen LogP contribution in [0.4, 0.5) is 17.6 Å². The molecule has 1 aromatic carbocycles. The van der Waals surface area contributed by atoms with Gasteiger partial charge in [-0.05, 0) is 18.2 Å². The molecule has 0 aliphatic heterocycles. The van der Waals surface area contributed by atoms with E-state index in [0.717, 1.165) is 18.2 Å². The van der Waals surface area contributed by atoms with E-state index < -0.39 is 17.9 Å². The van der Waals surface area contributed by atoms with Crippen LogP contribution >= 0.6 is 0 Å². The molecule has 88 valence electrons. The molecule has 0 N–H and O–H groups in total. The zero-order valence-corrected chi connectivity index (χ0v) is 8.27. The molecular weight excluding hydrogens is 228 g/mol. The van der Waals surface area contributed by atoms with Gasteiger partial charge in [-0.1, -0.05) is 6.92 Å². The van der Waals surface area contributed by atoms with Crippen LogP contribution in [-0.2, 0) is 0 Å². The molecular formula is C10H8F4O2. The fraction of sp³-hybridized carbons (Fsp3) is 0.300. The van der Waals surface area contributed by atoms with Crippen molar-refractivity contribution in [1.29, 1.82) is 0 Å². The van der Waals surface area contributed by atoms with Crippen LogP contribution in [0.15, 0.2) is 18.2 Å². The third-order valence-electron chi connectivity index (χ3n) is 1.80. The number of halogens is 4. The first-order valence-corrected chi connectivity index (χ1v) is 4.42. The second-order valence-corrected chi connectivity index (χ2v) is 2.97. The second kappa shape index (κ2) is 4.51. The van der Waals surface area contributed by atoms with Crippen LogP contribution in [0, 0.1) is 5.82 Å². The SMILES string of the molecule is CCC(=O)c1ccc(OC(F)(F)F)c(F)c1. The lowest BCUT2D eigenvalue weighted by Crippen LogP contribution is -2.18. The monoisotopic (exact) mass is 236 g/mol. The maximum atomic E-state index is 13.1. The largest absolute Gasteiger partial charge is 0.573 e. The van der Waals surface area contributed by atoms with E-state index in [4.69, 9.17) is 0 Å². The number of Topliss-reactive ketones (excluding diaryl/α,β-unsaturated/α-hetero) is 1. The molecule has 0 spiro atoms. The predicted molar refractivity (Wildman–Crippen MR) is 47.7 cm³/mol. The van der Waals surface area contributed by atoms with E-state index >= 15 is 0 Å². The number of alkyl halides is 3. The molecule has 0 aliphatic rings. The molecule has 0 unspecified atom stereocenters. The van der Waals surface area contributed by atoms with E-state index in [9.17, 15) is 22.4 Å². The normalized spacial score (nSPS) is 11.3. The van der Waals surface area contributed by atoms with E-state index in [1.165, 1.54) is 0 Å². The molecule has 0 bridgehead atoms. The second-order valence-electron chi connectivity index (χ2n) is 2.97. The average molecular weight is 236 g/mol. The van der Waals surface area contributed by atoms with Crippen LogP contribution in [0.3, 0.4) is 0 Å². The lowest BCUT2D eigenvalue weighted by molar-refractivity contribution is -0.275. The van der Waals surface area contributed by atoms with E-state index in [1.807, 2.05) is 0 Å². The Bertz CT molecular complexity index is 398. The Labute approximate surface area is 88.8 Å². The molecule has 1 rings (SSSR count). The highest BCUT2D eigenvalue weighted by Gasteiger charge is 2.32. The molecule has 0 heterocycles. The number of ether oxygens (including phenoxy) is 1. The minimum Gasteiger partial charge on any atom is -0.403 e. The lowest BCUT2D eigenvalue weighted by Gasteiger charge is -2.09. The highest BCUT2D eigenvalue weighted by atomic mass is 19.4. The first kappa shape index (κ1) is 12.5. The van der Waals surface area contributed by atoms with Gasteiger partial charge in [-0.2, -0.15) is 0 Å². The van der Waals surface area contributed by atoms with Gasteiger partial charge in [0.15, 0.2) is 17.3 Å². The van der Waals surface area contributed by atoms with Crippen LogP contribution in [0.2, 0.25) is 0 Å². The van der Waals surface area contributed by atoms with Crippen LogP contribution in [0.5, 0.6) is 5.75 Å². The third-order valence-corrected chi connectivity index (χ3v) is 1.80. The zero-order chi connectivity index (χ0) is 12.3. The Kier molecular flexibility index (Phi) is 3.51. The number of rotatable bonds is 3. The zero-order valence-electron chi connectivity index (χ0n) is 8.27. The molecule has 6 heteroatoms. The molecule has 2 nitrogen and oxygen atoms in total. The summed E-state index contributed by atoms with van der Waals surface area (Å²) in [6.07, 6.45) is -4.80. The van der Waals surface area contributed by atoms with Gasteiger partial charge in [0, 0.05) is 12.0 Å². The Morgan fingerprint density at radius 3 is 2.44 bits per heavy atom. The Morgan fingerprint density at radius 2 is 2.00 bits per heavy atom. The Morgan fingerprint density at radius 1 is 1.38 bits per heavy atom. The van der Waals surface area contributed by atoms with Gasteiger partial charge in [-0.25, -0.2) is 4.39 Å². The highest BCUT2D eigenvalue weighted by Crippen LogP contribution is 2.26. The number of ketones is 1. The number of hydrogen-bond acceptors (Lipinski definition) is 2. The minimum absolute atomic E-state index is 0.0227. The molecule has 0 saturated carbocycles. The molecule has 0 aliphatic carbocycles. The number of benzene rings is 1. The van der Waals surface area contributed by atoms with E-state index in [2.05, 4.69) is 4.74 Å². The van der Waals surface area contributed by atoms with Crippen molar-refractivity contribution < 1.29 is 27.1 Å². The van der Waals surface area contributed by atoms with Gasteiger partial charge in [0.2, 0.25) is 0 Å². The summed E-state index contributed by atoms with van der Waals surface area (Å²) in [5.41, 5.74) is 0.0227. The highest BCUT2D eigenvalue weighted by molar-refractivity contribution is 5.95. The molecule has 0 fully saturated rings. The fourth-order valence-electron chi connectivity index (χ4n) is 1.09. The molecule has 0 atom stereocenters. The number of carbonyl (C=O) groups is 1. The van der Waals surface area contributed by atoms with Crippen LogP contribution < -0.4 is 4.74 Å². The third kappa shape index (κ3) is 3.22. The van der Waals surface area contributed by atoms with Crippen molar-refractivity contribution in [3.8, 4) is 5.75 Å². The summed E-state index contributed by atoms with van der Waals surface area (Å²) in [7, 11) is 0. The van der Waals surface area contributed by atoms with E-state index in [-0.39, 0.29) is 17.8 Å². The van der Waals surface area contributed by atoms with E-state index in [0.29, 0.717) is 0 Å². The Balaban J connectivity index is 2.96. The van der Waals surface area contributed by atoms with Crippen LogP contribution in [0.25, 0.3) is 0 Å². The van der Waals surface area contributed by atoms with Crippen LogP contribution in [-0.4, -0.2) is 12.1 Å². The molecule has 0 aromatic heterocycles. The van der Waals surface area contributed by atoms with Gasteiger partial charge >= 0.3 is 6.36 Å². The summed E-state index contributed by atoms with van der Waals surface area (Å²) in [5.74, 6) is -2.51. The van der Waals surface area contributed by atoms with Crippen molar-refractivity contribution in [2.24, 2.45) is 0 Å². The minimum atomic E-state index is -4.95. The van der Waals surface area contributed by atoms with Gasteiger partial charge in [0.05, 0.1) is 0 Å². The summed E-state index contributed by atoms with van der Waals surface area (Å²) in [5, 5.41) is 0. The predicted octanol–water partition coefficient (Wildman–Crippen LogP) is 3.32. The van der Waals surface area contributed by atoms with E-state index in [1.54, 1.807) is 6.92 Å². The number of hydrogen-bond donors (Lipinski definition) is 0. The van der Waals surface area contributed by atoms with Crippen molar-refractivity contribution in [2.75, 3.05) is 0 Å². The average Bonchev–Trinajstić information content (AvgIpc) is 2.18. The first-order valence-electron chi connectivity index (χ1n) is 4.42.